The molecule has 1 aliphatic rings. The number of hydrogen-bond donors (Lipinski definition) is 0. The molecule has 0 atom stereocenters. The van der Waals surface area contributed by atoms with Gasteiger partial charge in [-0.2, -0.15) is 0 Å². The van der Waals surface area contributed by atoms with Crippen LogP contribution in [-0.4, -0.2) is 0 Å². The normalized spacial score (nSPS) is 16.2. The van der Waals surface area contributed by atoms with Gasteiger partial charge in [-0.25, -0.2) is 0 Å². The van der Waals surface area contributed by atoms with E-state index in [0.29, 0.717) is 0 Å². The first kappa shape index (κ1) is 16.9. The molecular weight excluding hydrogens is 323 g/mol. The minimum Gasteiger partial charge on any atom is -0.0909 e. The van der Waals surface area contributed by atoms with Crippen molar-refractivity contribution >= 4 is 23.2 Å². The Morgan fingerprint density at radius 2 is 1.43 bits per heavy atom. The summed E-state index contributed by atoms with van der Waals surface area (Å²) < 4.78 is -0.981. The van der Waals surface area contributed by atoms with E-state index >= 15 is 0 Å². The van der Waals surface area contributed by atoms with Crippen molar-refractivity contribution in [3.63, 3.8) is 0 Å². The molecule has 0 N–H and O–H groups in total. The van der Waals surface area contributed by atoms with Crippen LogP contribution >= 0.6 is 23.2 Å². The summed E-state index contributed by atoms with van der Waals surface area (Å²) in [4.78, 5) is 0. The van der Waals surface area contributed by atoms with Crippen molar-refractivity contribution in [2.75, 3.05) is 0 Å². The van der Waals surface area contributed by atoms with Gasteiger partial charge in [0.1, 0.15) is 0 Å². The van der Waals surface area contributed by atoms with Crippen LogP contribution in [0.25, 0.3) is 11.1 Å². The number of hydrogen-bond acceptors (Lipinski definition) is 0. The smallest absolute Gasteiger partial charge is 0.0909 e. The predicted octanol–water partition coefficient (Wildman–Crippen LogP) is 6.94. The van der Waals surface area contributed by atoms with Crippen LogP contribution < -0.4 is 0 Å². The van der Waals surface area contributed by atoms with Crippen LogP contribution in [0.2, 0.25) is 0 Å². The molecule has 0 nitrogen and oxygen atoms in total. The summed E-state index contributed by atoms with van der Waals surface area (Å²) in [6, 6.07) is 12.9. The number of benzene rings is 2. The topological polar surface area (TPSA) is 0 Å². The van der Waals surface area contributed by atoms with Crippen molar-refractivity contribution in [1.82, 2.24) is 0 Å². The average Bonchev–Trinajstić information content (AvgIpc) is 2.66. The maximum Gasteiger partial charge on any atom is 0.169 e. The molecule has 0 fully saturated rings. The van der Waals surface area contributed by atoms with Crippen LogP contribution in [0, 0.1) is 0 Å². The zero-order chi connectivity index (χ0) is 17.2. The quantitative estimate of drug-likeness (QED) is 0.453. The zero-order valence-corrected chi connectivity index (χ0v) is 16.2. The first-order valence-electron chi connectivity index (χ1n) is 8.11. The molecule has 0 saturated heterocycles. The maximum absolute atomic E-state index is 6.87. The molecule has 0 bridgehead atoms. The van der Waals surface area contributed by atoms with Gasteiger partial charge in [0, 0.05) is 11.1 Å². The Morgan fingerprint density at radius 1 is 0.783 bits per heavy atom. The first-order chi connectivity index (χ1) is 10.4. The number of halogens is 2. The summed E-state index contributed by atoms with van der Waals surface area (Å²) >= 11 is 13.7. The van der Waals surface area contributed by atoms with Crippen molar-refractivity contribution in [2.24, 2.45) is 0 Å². The third-order valence-corrected chi connectivity index (χ3v) is 5.49. The second-order valence-corrected chi connectivity index (χ2v) is 9.89. The van der Waals surface area contributed by atoms with E-state index in [1.165, 1.54) is 22.3 Å². The molecule has 0 radical (unpaired) electrons. The lowest BCUT2D eigenvalue weighted by atomic mass is 9.82. The minimum atomic E-state index is -0.981. The van der Waals surface area contributed by atoms with E-state index in [4.69, 9.17) is 23.2 Å². The average molecular weight is 347 g/mol. The fourth-order valence-corrected chi connectivity index (χ4v) is 4.12. The SMILES string of the molecule is CC(C)(C)c1ccc2c(c1)-c1cccc(C(C)(C)C)c1C2(Cl)Cl. The molecule has 2 aromatic rings. The predicted molar refractivity (Wildman–Crippen MR) is 102 cm³/mol. The van der Waals surface area contributed by atoms with Gasteiger partial charge >= 0.3 is 0 Å². The monoisotopic (exact) mass is 346 g/mol. The molecule has 3 rings (SSSR count). The van der Waals surface area contributed by atoms with Gasteiger partial charge in [0.15, 0.2) is 4.33 Å². The third-order valence-electron chi connectivity index (χ3n) is 4.70. The second kappa shape index (κ2) is 5.01. The number of alkyl halides is 2. The lowest BCUT2D eigenvalue weighted by Gasteiger charge is -2.27. The van der Waals surface area contributed by atoms with Gasteiger partial charge < -0.3 is 0 Å². The van der Waals surface area contributed by atoms with Gasteiger partial charge in [-0.1, -0.05) is 101 Å². The summed E-state index contributed by atoms with van der Waals surface area (Å²) in [7, 11) is 0. The van der Waals surface area contributed by atoms with Crippen molar-refractivity contribution in [2.45, 2.75) is 56.7 Å². The van der Waals surface area contributed by atoms with E-state index < -0.39 is 4.33 Å². The molecule has 2 heteroatoms. The molecule has 1 aliphatic carbocycles. The lowest BCUT2D eigenvalue weighted by Crippen LogP contribution is -2.19. The van der Waals surface area contributed by atoms with Crippen LogP contribution in [0.1, 0.15) is 63.8 Å². The highest BCUT2D eigenvalue weighted by Crippen LogP contribution is 2.57. The fraction of sp³-hybridized carbons (Fsp3) is 0.429. The van der Waals surface area contributed by atoms with Crippen molar-refractivity contribution in [3.05, 3.63) is 58.7 Å². The molecule has 0 unspecified atom stereocenters. The summed E-state index contributed by atoms with van der Waals surface area (Å²) in [5.74, 6) is 0. The molecular formula is C21H24Cl2. The van der Waals surface area contributed by atoms with Gasteiger partial charge in [-0.05, 0) is 33.1 Å². The van der Waals surface area contributed by atoms with Crippen molar-refractivity contribution in [3.8, 4) is 11.1 Å². The van der Waals surface area contributed by atoms with E-state index in [1.54, 1.807) is 0 Å². The Bertz CT molecular complexity index is 771. The van der Waals surface area contributed by atoms with Gasteiger partial charge in [0.25, 0.3) is 0 Å². The highest BCUT2D eigenvalue weighted by molar-refractivity contribution is 6.51. The van der Waals surface area contributed by atoms with Crippen LogP contribution in [0.3, 0.4) is 0 Å². The van der Waals surface area contributed by atoms with Crippen LogP contribution in [0.15, 0.2) is 36.4 Å². The van der Waals surface area contributed by atoms with E-state index in [0.717, 1.165) is 11.1 Å². The van der Waals surface area contributed by atoms with E-state index in [1.807, 2.05) is 0 Å². The zero-order valence-electron chi connectivity index (χ0n) is 14.7. The van der Waals surface area contributed by atoms with Crippen molar-refractivity contribution in [1.29, 1.82) is 0 Å². The molecule has 2 aromatic carbocycles. The molecule has 23 heavy (non-hydrogen) atoms. The van der Waals surface area contributed by atoms with Gasteiger partial charge in [0.2, 0.25) is 0 Å². The molecule has 0 spiro atoms. The standard InChI is InChI=1S/C21H24Cl2/c1-19(2,3)13-10-11-16-15(12-13)14-8-7-9-17(20(4,5)6)18(14)21(16,22)23/h7-12H,1-6H3. The van der Waals surface area contributed by atoms with Crippen molar-refractivity contribution < 1.29 is 0 Å². The van der Waals surface area contributed by atoms with Crippen LogP contribution in [0.5, 0.6) is 0 Å². The number of rotatable bonds is 0. The summed E-state index contributed by atoms with van der Waals surface area (Å²) in [5.41, 5.74) is 7.00. The summed E-state index contributed by atoms with van der Waals surface area (Å²) in [6.45, 7) is 13.3. The molecule has 0 saturated carbocycles. The Kier molecular flexibility index (Phi) is 3.67. The van der Waals surface area contributed by atoms with Gasteiger partial charge in [-0.15, -0.1) is 0 Å². The molecule has 122 valence electrons. The Morgan fingerprint density at radius 3 is 2.00 bits per heavy atom. The van der Waals surface area contributed by atoms with Crippen LogP contribution in [-0.2, 0) is 15.2 Å². The largest absolute Gasteiger partial charge is 0.169 e. The molecule has 0 aromatic heterocycles. The summed E-state index contributed by atoms with van der Waals surface area (Å²) in [5, 5.41) is 0. The molecule has 0 aliphatic heterocycles. The fourth-order valence-electron chi connectivity index (χ4n) is 3.38. The van der Waals surface area contributed by atoms with E-state index in [2.05, 4.69) is 77.9 Å². The van der Waals surface area contributed by atoms with E-state index in [-0.39, 0.29) is 10.8 Å². The maximum atomic E-state index is 6.87. The third kappa shape index (κ3) is 2.61. The summed E-state index contributed by atoms with van der Waals surface area (Å²) in [6.07, 6.45) is 0. The highest BCUT2D eigenvalue weighted by Gasteiger charge is 2.43. The lowest BCUT2D eigenvalue weighted by molar-refractivity contribution is 0.583. The van der Waals surface area contributed by atoms with Gasteiger partial charge in [0.05, 0.1) is 0 Å². The second-order valence-electron chi connectivity index (χ2n) is 8.56. The molecule has 0 amide bonds. The number of fused-ring (bicyclic) bond motifs is 3. The van der Waals surface area contributed by atoms with E-state index in [9.17, 15) is 0 Å². The Balaban J connectivity index is 2.33. The first-order valence-corrected chi connectivity index (χ1v) is 8.87. The highest BCUT2D eigenvalue weighted by atomic mass is 35.5. The van der Waals surface area contributed by atoms with Crippen LogP contribution in [0.4, 0.5) is 0 Å². The molecule has 0 heterocycles. The van der Waals surface area contributed by atoms with Gasteiger partial charge in [-0.3, -0.25) is 0 Å². The minimum absolute atomic E-state index is 0.00469. The Hall–Kier alpha value is -0.980. The Labute approximate surface area is 149 Å².